The molecule has 3 heteroatoms. The van der Waals surface area contributed by atoms with Crippen LogP contribution in [0.5, 0.6) is 0 Å². The zero-order valence-corrected chi connectivity index (χ0v) is 19.0. The standard InChI is InChI=1S/C27H27N2S/c1-18(17-25-29(5)21-12-8-9-13-23(21)30-25)16-24-27(2,3)26-20-11-7-6-10-19(20)14-15-22(26)28(24)4/h6-17H,1-5H3/q+1. The number of anilines is 1. The monoisotopic (exact) mass is 411 g/mol. The molecule has 0 N–H and O–H groups in total. The van der Waals surface area contributed by atoms with E-state index in [1.54, 1.807) is 0 Å². The summed E-state index contributed by atoms with van der Waals surface area (Å²) in [5, 5.41) is 3.93. The van der Waals surface area contributed by atoms with E-state index in [4.69, 9.17) is 0 Å². The first kappa shape index (κ1) is 19.1. The van der Waals surface area contributed by atoms with Crippen molar-refractivity contribution in [1.82, 2.24) is 0 Å². The number of thiazole rings is 1. The lowest BCUT2D eigenvalue weighted by molar-refractivity contribution is -0.642. The molecule has 0 bridgehead atoms. The van der Waals surface area contributed by atoms with Crippen LogP contribution in [0, 0.1) is 0 Å². The average Bonchev–Trinajstić information content (AvgIpc) is 3.15. The molecule has 1 aliphatic rings. The lowest BCUT2D eigenvalue weighted by Gasteiger charge is -2.25. The molecule has 0 fully saturated rings. The summed E-state index contributed by atoms with van der Waals surface area (Å²) in [6.45, 7) is 6.91. The Morgan fingerprint density at radius 3 is 2.53 bits per heavy atom. The van der Waals surface area contributed by atoms with Crippen LogP contribution in [-0.4, -0.2) is 7.05 Å². The van der Waals surface area contributed by atoms with Gasteiger partial charge >= 0.3 is 0 Å². The molecule has 0 aliphatic carbocycles. The molecule has 2 heterocycles. The van der Waals surface area contributed by atoms with Gasteiger partial charge < -0.3 is 4.90 Å². The highest BCUT2D eigenvalue weighted by Crippen LogP contribution is 2.50. The fourth-order valence-corrected chi connectivity index (χ4v) is 6.01. The van der Waals surface area contributed by atoms with Gasteiger partial charge in [0.15, 0.2) is 0 Å². The molecule has 2 nitrogen and oxygen atoms in total. The van der Waals surface area contributed by atoms with E-state index in [2.05, 4.69) is 117 Å². The Hall–Kier alpha value is -2.91. The predicted molar refractivity (Wildman–Crippen MR) is 130 cm³/mol. The number of para-hydroxylation sites is 1. The molecule has 5 rings (SSSR count). The summed E-state index contributed by atoms with van der Waals surface area (Å²) >= 11 is 1.84. The smallest absolute Gasteiger partial charge is 0.262 e. The number of nitrogens with zero attached hydrogens (tertiary/aromatic N) is 2. The zero-order valence-electron chi connectivity index (χ0n) is 18.2. The molecule has 0 radical (unpaired) electrons. The number of hydrogen-bond donors (Lipinski definition) is 0. The molecule has 0 saturated heterocycles. The maximum absolute atomic E-state index is 2.37. The van der Waals surface area contributed by atoms with Crippen molar-refractivity contribution in [2.45, 2.75) is 26.2 Å². The first-order valence-corrected chi connectivity index (χ1v) is 11.2. The number of likely N-dealkylation sites (N-methyl/N-ethyl adjacent to an activating group) is 1. The maximum Gasteiger partial charge on any atom is 0.262 e. The first-order chi connectivity index (χ1) is 14.4. The van der Waals surface area contributed by atoms with Gasteiger partial charge in [-0.2, -0.15) is 4.57 Å². The molecular formula is C27H27N2S+. The minimum atomic E-state index is -0.0532. The molecule has 0 saturated carbocycles. The van der Waals surface area contributed by atoms with Crippen molar-refractivity contribution >= 4 is 44.1 Å². The van der Waals surface area contributed by atoms with Crippen molar-refractivity contribution in [3.05, 3.63) is 88.6 Å². The Balaban J connectivity index is 1.61. The normalized spacial score (nSPS) is 17.3. The average molecular weight is 412 g/mol. The fourth-order valence-electron chi connectivity index (χ4n) is 4.85. The highest BCUT2D eigenvalue weighted by Gasteiger charge is 2.39. The lowest BCUT2D eigenvalue weighted by atomic mass is 9.80. The third-order valence-electron chi connectivity index (χ3n) is 6.38. The molecule has 4 aromatic rings. The Kier molecular flexibility index (Phi) is 4.33. The van der Waals surface area contributed by atoms with E-state index in [1.807, 2.05) is 11.3 Å². The van der Waals surface area contributed by atoms with Gasteiger partial charge in [0.25, 0.3) is 5.01 Å². The van der Waals surface area contributed by atoms with Crippen LogP contribution in [0.15, 0.2) is 78.0 Å². The summed E-state index contributed by atoms with van der Waals surface area (Å²) in [7, 11) is 4.35. The van der Waals surface area contributed by atoms with Gasteiger partial charge in [-0.1, -0.05) is 67.6 Å². The van der Waals surface area contributed by atoms with Crippen LogP contribution in [0.2, 0.25) is 0 Å². The van der Waals surface area contributed by atoms with E-state index in [-0.39, 0.29) is 5.41 Å². The largest absolute Gasteiger partial charge is 0.347 e. The van der Waals surface area contributed by atoms with Gasteiger partial charge in [0.2, 0.25) is 5.52 Å². The number of hydrogen-bond acceptors (Lipinski definition) is 2. The number of fused-ring (bicyclic) bond motifs is 4. The van der Waals surface area contributed by atoms with Gasteiger partial charge in [0.1, 0.15) is 11.7 Å². The van der Waals surface area contributed by atoms with E-state index in [0.717, 1.165) is 0 Å². The van der Waals surface area contributed by atoms with Gasteiger partial charge in [-0.25, -0.2) is 0 Å². The predicted octanol–water partition coefficient (Wildman–Crippen LogP) is 6.59. The molecule has 0 amide bonds. The van der Waals surface area contributed by atoms with Crippen LogP contribution in [0.1, 0.15) is 31.3 Å². The molecular weight excluding hydrogens is 384 g/mol. The van der Waals surface area contributed by atoms with Crippen molar-refractivity contribution in [2.75, 3.05) is 11.9 Å². The molecule has 1 aromatic heterocycles. The third kappa shape index (κ3) is 2.80. The molecule has 150 valence electrons. The Morgan fingerprint density at radius 2 is 1.73 bits per heavy atom. The number of rotatable bonds is 2. The number of aromatic nitrogens is 1. The zero-order chi connectivity index (χ0) is 21.0. The van der Waals surface area contributed by atoms with E-state index in [1.165, 1.54) is 48.5 Å². The van der Waals surface area contributed by atoms with Crippen LogP contribution in [0.4, 0.5) is 5.69 Å². The molecule has 0 spiro atoms. The SMILES string of the molecule is CC(=C\c1sc2ccccc2[n+]1C)/C=C1/N(C)c2ccc3ccccc3c2C1(C)C. The first-order valence-electron chi connectivity index (χ1n) is 10.4. The third-order valence-corrected chi connectivity index (χ3v) is 7.55. The van der Waals surface area contributed by atoms with Crippen molar-refractivity contribution < 1.29 is 4.57 Å². The second-order valence-corrected chi connectivity index (χ2v) is 9.81. The molecule has 3 aromatic carbocycles. The lowest BCUT2D eigenvalue weighted by Crippen LogP contribution is -2.28. The number of benzene rings is 3. The summed E-state index contributed by atoms with van der Waals surface area (Å²) in [5.74, 6) is 0. The van der Waals surface area contributed by atoms with Gasteiger partial charge in [0, 0.05) is 36.0 Å². The molecule has 0 unspecified atom stereocenters. The quantitative estimate of drug-likeness (QED) is 0.337. The summed E-state index contributed by atoms with van der Waals surface area (Å²) < 4.78 is 3.61. The number of aryl methyl sites for hydroxylation is 1. The molecule has 1 aliphatic heterocycles. The minimum absolute atomic E-state index is 0.0532. The second kappa shape index (κ2) is 6.82. The summed E-state index contributed by atoms with van der Waals surface area (Å²) in [4.78, 5) is 2.37. The fraction of sp³-hybridized carbons (Fsp3) is 0.222. The van der Waals surface area contributed by atoms with E-state index < -0.39 is 0 Å². The summed E-state index contributed by atoms with van der Waals surface area (Å²) in [6, 6.07) is 21.8. The van der Waals surface area contributed by atoms with Crippen molar-refractivity contribution in [2.24, 2.45) is 7.05 Å². The van der Waals surface area contributed by atoms with Crippen LogP contribution >= 0.6 is 11.3 Å². The van der Waals surface area contributed by atoms with Gasteiger partial charge in [0.05, 0.1) is 0 Å². The Morgan fingerprint density at radius 1 is 1.00 bits per heavy atom. The van der Waals surface area contributed by atoms with Gasteiger partial charge in [-0.05, 0) is 47.0 Å². The van der Waals surface area contributed by atoms with E-state index >= 15 is 0 Å². The topological polar surface area (TPSA) is 7.12 Å². The van der Waals surface area contributed by atoms with E-state index in [9.17, 15) is 0 Å². The molecule has 30 heavy (non-hydrogen) atoms. The maximum atomic E-state index is 2.37. The van der Waals surface area contributed by atoms with Crippen LogP contribution in [0.25, 0.3) is 27.1 Å². The molecule has 0 atom stereocenters. The van der Waals surface area contributed by atoms with Gasteiger partial charge in [-0.15, -0.1) is 0 Å². The van der Waals surface area contributed by atoms with Crippen molar-refractivity contribution in [3.63, 3.8) is 0 Å². The van der Waals surface area contributed by atoms with Crippen LogP contribution < -0.4 is 9.47 Å². The van der Waals surface area contributed by atoms with Crippen LogP contribution in [-0.2, 0) is 12.5 Å². The number of allylic oxidation sites excluding steroid dienone is 3. The Labute approximate surface area is 182 Å². The Bertz CT molecular complexity index is 1350. The van der Waals surface area contributed by atoms with E-state index in [0.29, 0.717) is 0 Å². The highest BCUT2D eigenvalue weighted by molar-refractivity contribution is 7.18. The summed E-state index contributed by atoms with van der Waals surface area (Å²) in [6.07, 6.45) is 4.67. The van der Waals surface area contributed by atoms with Gasteiger partial charge in [-0.3, -0.25) is 0 Å². The summed E-state index contributed by atoms with van der Waals surface area (Å²) in [5.41, 5.74) is 6.57. The van der Waals surface area contributed by atoms with Crippen molar-refractivity contribution in [3.8, 4) is 0 Å². The van der Waals surface area contributed by atoms with Crippen molar-refractivity contribution in [1.29, 1.82) is 0 Å². The van der Waals surface area contributed by atoms with Crippen LogP contribution in [0.3, 0.4) is 0 Å². The minimum Gasteiger partial charge on any atom is -0.347 e. The highest BCUT2D eigenvalue weighted by atomic mass is 32.1. The second-order valence-electron chi connectivity index (χ2n) is 8.75.